The Labute approximate surface area is 160 Å². The van der Waals surface area contributed by atoms with Gasteiger partial charge in [-0.15, -0.1) is 11.3 Å². The van der Waals surface area contributed by atoms with E-state index in [1.165, 1.54) is 16.2 Å². The van der Waals surface area contributed by atoms with E-state index in [-0.39, 0.29) is 11.8 Å². The second kappa shape index (κ2) is 7.36. The molecule has 2 N–H and O–H groups in total. The van der Waals surface area contributed by atoms with Crippen LogP contribution in [-0.4, -0.2) is 18.9 Å². The van der Waals surface area contributed by atoms with Gasteiger partial charge in [-0.05, 0) is 48.9 Å². The van der Waals surface area contributed by atoms with Gasteiger partial charge in [-0.3, -0.25) is 9.59 Å². The summed E-state index contributed by atoms with van der Waals surface area (Å²) in [6, 6.07) is 4.68. The normalized spacial score (nSPS) is 16.2. The first-order valence-corrected chi connectivity index (χ1v) is 9.60. The molecule has 0 aliphatic heterocycles. The first-order chi connectivity index (χ1) is 11.9. The molecule has 2 amide bonds. The van der Waals surface area contributed by atoms with Gasteiger partial charge in [-0.25, -0.2) is 0 Å². The Hall–Kier alpha value is -1.56. The number of hydrogen-bond acceptors (Lipinski definition) is 3. The molecule has 1 heterocycles. The van der Waals surface area contributed by atoms with E-state index >= 15 is 0 Å². The van der Waals surface area contributed by atoms with Crippen LogP contribution in [0, 0.1) is 5.92 Å². The quantitative estimate of drug-likeness (QED) is 0.782. The number of hydrogen-bond donors (Lipinski definition) is 2. The molecular weight excluding hydrogens is 379 g/mol. The van der Waals surface area contributed by atoms with Crippen molar-refractivity contribution in [3.63, 3.8) is 0 Å². The minimum absolute atomic E-state index is 0.175. The second-order valence-electron chi connectivity index (χ2n) is 6.25. The molecule has 2 aromatic rings. The van der Waals surface area contributed by atoms with E-state index in [1.54, 1.807) is 25.2 Å². The van der Waals surface area contributed by atoms with Gasteiger partial charge in [0.15, 0.2) is 0 Å². The van der Waals surface area contributed by atoms with E-state index in [4.69, 9.17) is 23.2 Å². The molecule has 0 spiro atoms. The lowest BCUT2D eigenvalue weighted by Crippen LogP contribution is -2.22. The van der Waals surface area contributed by atoms with Crippen molar-refractivity contribution in [1.82, 2.24) is 5.32 Å². The Morgan fingerprint density at radius 2 is 1.84 bits per heavy atom. The Balaban J connectivity index is 1.96. The number of nitrogens with one attached hydrogen (secondary N) is 2. The molecule has 1 atom stereocenters. The van der Waals surface area contributed by atoms with Crippen molar-refractivity contribution in [3.05, 3.63) is 49.8 Å². The number of fused-ring (bicyclic) bond motifs is 1. The van der Waals surface area contributed by atoms with Crippen molar-refractivity contribution in [2.24, 2.45) is 5.92 Å². The average Bonchev–Trinajstić information content (AvgIpc) is 2.90. The van der Waals surface area contributed by atoms with E-state index < -0.39 is 0 Å². The van der Waals surface area contributed by atoms with Crippen LogP contribution in [0.2, 0.25) is 10.0 Å². The Morgan fingerprint density at radius 1 is 1.16 bits per heavy atom. The highest BCUT2D eigenvalue weighted by Gasteiger charge is 2.28. The third-order valence-corrected chi connectivity index (χ3v) is 5.92. The molecule has 0 unspecified atom stereocenters. The summed E-state index contributed by atoms with van der Waals surface area (Å²) in [6.45, 7) is 2.20. The van der Waals surface area contributed by atoms with Crippen LogP contribution in [0.5, 0.6) is 0 Å². The molecule has 0 bridgehead atoms. The maximum absolute atomic E-state index is 12.6. The summed E-state index contributed by atoms with van der Waals surface area (Å²) in [5.41, 5.74) is 2.00. The number of benzene rings is 1. The standard InChI is InChI=1S/C18H18Cl2N2O2S/c1-9-3-4-13-14(5-9)25-18(15(13)17(24)21-2)22-16(23)10-6-11(19)8-12(20)7-10/h6-9H,3-5H2,1-2H3,(H,21,24)(H,22,23)/t9-/m1/s1. The van der Waals surface area contributed by atoms with Crippen molar-refractivity contribution >= 4 is 51.4 Å². The highest BCUT2D eigenvalue weighted by molar-refractivity contribution is 7.17. The van der Waals surface area contributed by atoms with Crippen molar-refractivity contribution in [2.45, 2.75) is 26.2 Å². The number of thiophene rings is 1. The molecule has 1 aliphatic carbocycles. The van der Waals surface area contributed by atoms with Crippen molar-refractivity contribution in [3.8, 4) is 0 Å². The van der Waals surface area contributed by atoms with Gasteiger partial charge in [0.1, 0.15) is 5.00 Å². The van der Waals surface area contributed by atoms with Gasteiger partial charge < -0.3 is 10.6 Å². The molecule has 4 nitrogen and oxygen atoms in total. The molecule has 0 saturated heterocycles. The zero-order chi connectivity index (χ0) is 18.1. The summed E-state index contributed by atoms with van der Waals surface area (Å²) in [4.78, 5) is 26.2. The monoisotopic (exact) mass is 396 g/mol. The van der Waals surface area contributed by atoms with E-state index in [9.17, 15) is 9.59 Å². The zero-order valence-electron chi connectivity index (χ0n) is 13.9. The van der Waals surface area contributed by atoms with Crippen LogP contribution in [0.4, 0.5) is 5.00 Å². The predicted molar refractivity (Wildman–Crippen MR) is 103 cm³/mol. The number of anilines is 1. The fraction of sp³-hybridized carbons (Fsp3) is 0.333. The topological polar surface area (TPSA) is 58.2 Å². The van der Waals surface area contributed by atoms with E-state index in [0.717, 1.165) is 24.8 Å². The Bertz CT molecular complexity index is 828. The van der Waals surface area contributed by atoms with Crippen LogP contribution in [-0.2, 0) is 12.8 Å². The van der Waals surface area contributed by atoms with Crippen LogP contribution in [0.15, 0.2) is 18.2 Å². The number of carbonyl (C=O) groups is 2. The minimum atomic E-state index is -0.332. The smallest absolute Gasteiger partial charge is 0.256 e. The van der Waals surface area contributed by atoms with Crippen molar-refractivity contribution in [1.29, 1.82) is 0 Å². The summed E-state index contributed by atoms with van der Waals surface area (Å²) in [5, 5.41) is 6.91. The van der Waals surface area contributed by atoms with Gasteiger partial charge in [0.25, 0.3) is 11.8 Å². The van der Waals surface area contributed by atoms with Gasteiger partial charge in [0.2, 0.25) is 0 Å². The number of halogens is 2. The summed E-state index contributed by atoms with van der Waals surface area (Å²) in [7, 11) is 1.60. The third-order valence-electron chi connectivity index (χ3n) is 4.32. The van der Waals surface area contributed by atoms with Gasteiger partial charge in [-0.1, -0.05) is 30.1 Å². The first-order valence-electron chi connectivity index (χ1n) is 8.03. The number of amides is 2. The van der Waals surface area contributed by atoms with Gasteiger partial charge in [0, 0.05) is 27.5 Å². The lowest BCUT2D eigenvalue weighted by atomic mass is 9.88. The molecular formula is C18H18Cl2N2O2S. The molecule has 0 radical (unpaired) electrons. The van der Waals surface area contributed by atoms with Crippen molar-refractivity contribution < 1.29 is 9.59 Å². The zero-order valence-corrected chi connectivity index (χ0v) is 16.2. The SMILES string of the molecule is CNC(=O)c1c(NC(=O)c2cc(Cl)cc(Cl)c2)sc2c1CC[C@@H](C)C2. The Morgan fingerprint density at radius 3 is 2.48 bits per heavy atom. The van der Waals surface area contributed by atoms with Crippen LogP contribution in [0.25, 0.3) is 0 Å². The molecule has 132 valence electrons. The van der Waals surface area contributed by atoms with Gasteiger partial charge >= 0.3 is 0 Å². The molecule has 0 saturated carbocycles. The van der Waals surface area contributed by atoms with Crippen LogP contribution in [0.1, 0.15) is 44.5 Å². The molecule has 3 rings (SSSR count). The average molecular weight is 397 g/mol. The van der Waals surface area contributed by atoms with Gasteiger partial charge in [0.05, 0.1) is 5.56 Å². The Kier molecular flexibility index (Phi) is 5.37. The fourth-order valence-electron chi connectivity index (χ4n) is 3.06. The first kappa shape index (κ1) is 18.2. The summed E-state index contributed by atoms with van der Waals surface area (Å²) >= 11 is 13.4. The number of rotatable bonds is 3. The predicted octanol–water partition coefficient (Wildman–Crippen LogP) is 4.79. The van der Waals surface area contributed by atoms with Crippen molar-refractivity contribution in [2.75, 3.05) is 12.4 Å². The van der Waals surface area contributed by atoms with Crippen LogP contribution >= 0.6 is 34.5 Å². The molecule has 7 heteroatoms. The maximum Gasteiger partial charge on any atom is 0.256 e. The van der Waals surface area contributed by atoms with Gasteiger partial charge in [-0.2, -0.15) is 0 Å². The highest BCUT2D eigenvalue weighted by Crippen LogP contribution is 2.39. The maximum atomic E-state index is 12.6. The third kappa shape index (κ3) is 3.84. The lowest BCUT2D eigenvalue weighted by molar-refractivity contribution is 0.0963. The van der Waals surface area contributed by atoms with E-state index in [0.29, 0.717) is 32.1 Å². The molecule has 1 aromatic heterocycles. The minimum Gasteiger partial charge on any atom is -0.355 e. The highest BCUT2D eigenvalue weighted by atomic mass is 35.5. The van der Waals surface area contributed by atoms with E-state index in [1.807, 2.05) is 0 Å². The lowest BCUT2D eigenvalue weighted by Gasteiger charge is -2.18. The molecule has 25 heavy (non-hydrogen) atoms. The summed E-state index contributed by atoms with van der Waals surface area (Å²) in [5.74, 6) is 0.0756. The number of carbonyl (C=O) groups excluding carboxylic acids is 2. The summed E-state index contributed by atoms with van der Waals surface area (Å²) in [6.07, 6.45) is 2.84. The fourth-order valence-corrected chi connectivity index (χ4v) is 4.99. The largest absolute Gasteiger partial charge is 0.355 e. The molecule has 1 aromatic carbocycles. The van der Waals surface area contributed by atoms with E-state index in [2.05, 4.69) is 17.6 Å². The van der Waals surface area contributed by atoms with Crippen LogP contribution < -0.4 is 10.6 Å². The summed E-state index contributed by atoms with van der Waals surface area (Å²) < 4.78 is 0. The van der Waals surface area contributed by atoms with Crippen LogP contribution in [0.3, 0.4) is 0 Å². The second-order valence-corrected chi connectivity index (χ2v) is 8.23. The molecule has 0 fully saturated rings. The molecule has 1 aliphatic rings.